The van der Waals surface area contributed by atoms with Crippen molar-refractivity contribution < 1.29 is 22.9 Å². The van der Waals surface area contributed by atoms with Crippen LogP contribution >= 0.6 is 7.26 Å². The Balaban J connectivity index is 1.56. The van der Waals surface area contributed by atoms with Gasteiger partial charge in [-0.2, -0.15) is 0 Å². The molecule has 0 aliphatic carbocycles. The number of ether oxygens (including phenoxy) is 1. The average molecular weight is 661 g/mol. The van der Waals surface area contributed by atoms with Crippen molar-refractivity contribution in [1.82, 2.24) is 4.98 Å². The third-order valence-electron chi connectivity index (χ3n) is 6.06. The summed E-state index contributed by atoms with van der Waals surface area (Å²) >= 11 is 1.73. The van der Waals surface area contributed by atoms with E-state index in [-0.39, 0.29) is 0 Å². The molecule has 0 N–H and O–H groups in total. The van der Waals surface area contributed by atoms with Crippen molar-refractivity contribution in [2.45, 2.75) is 0 Å². The van der Waals surface area contributed by atoms with Crippen LogP contribution in [0.1, 0.15) is 0 Å². The van der Waals surface area contributed by atoms with Gasteiger partial charge in [-0.25, -0.2) is 0 Å². The monoisotopic (exact) mass is 662 g/mol. The molecule has 0 amide bonds. The number of hydrogen-bond donors (Lipinski definition) is 0. The third-order valence-corrected chi connectivity index (χ3v) is 11.0. The number of aromatic nitrogens is 1. The van der Waals surface area contributed by atoms with Crippen molar-refractivity contribution in [2.24, 2.45) is 0 Å². The fourth-order valence-electron chi connectivity index (χ4n) is 4.47. The topological polar surface area (TPSA) is 22.1 Å². The summed E-state index contributed by atoms with van der Waals surface area (Å²) in [6.07, 6.45) is 5.96. The van der Waals surface area contributed by atoms with Crippen molar-refractivity contribution in [1.29, 1.82) is 0 Å². The standard InChI is InChI=1S/C32H25NOP.Os/c1-26(14-13-25-34-31-23-11-15-27-16-12-24-33-32(27)31)35(28-17-5-2-6-18-28,29-19-7-3-8-20-29)30-21-9-4-10-22-30;/h2-24H,1H2;/q+1;/b14-13-;. The molecule has 1 heterocycles. The molecule has 0 aliphatic rings. The summed E-state index contributed by atoms with van der Waals surface area (Å²) in [7, 11) is -2.18. The maximum atomic E-state index is 6.26. The van der Waals surface area contributed by atoms with Gasteiger partial charge < -0.3 is 0 Å². The second kappa shape index (κ2) is 11.1. The van der Waals surface area contributed by atoms with Crippen LogP contribution in [0.5, 0.6) is 5.75 Å². The SMILES string of the molecule is C=C(/C=C\[C](=[Os])Oc1cccc2cccnc12)[P+](c1ccccc1)(c1ccccc1)c1ccccc1. The zero-order valence-corrected chi connectivity index (χ0v) is 23.1. The van der Waals surface area contributed by atoms with Gasteiger partial charge >= 0.3 is 224 Å². The van der Waals surface area contributed by atoms with Crippen molar-refractivity contribution in [3.63, 3.8) is 0 Å². The molecule has 2 nitrogen and oxygen atoms in total. The maximum absolute atomic E-state index is 6.26. The van der Waals surface area contributed by atoms with Crippen molar-refractivity contribution in [2.75, 3.05) is 0 Å². The molecule has 176 valence electrons. The van der Waals surface area contributed by atoms with Gasteiger partial charge in [0.25, 0.3) is 0 Å². The van der Waals surface area contributed by atoms with Crippen molar-refractivity contribution in [3.8, 4) is 5.75 Å². The molecule has 36 heavy (non-hydrogen) atoms. The van der Waals surface area contributed by atoms with E-state index in [0.717, 1.165) is 26.2 Å². The number of para-hydroxylation sites is 1. The van der Waals surface area contributed by atoms with Crippen LogP contribution in [0.25, 0.3) is 10.9 Å². The molecule has 5 rings (SSSR count). The molecular weight excluding hydrogens is 636 g/mol. The van der Waals surface area contributed by atoms with E-state index >= 15 is 0 Å². The van der Waals surface area contributed by atoms with Gasteiger partial charge in [-0.1, -0.05) is 0 Å². The Morgan fingerprint density at radius 3 is 1.75 bits per heavy atom. The molecule has 0 spiro atoms. The van der Waals surface area contributed by atoms with E-state index in [1.54, 1.807) is 24.3 Å². The van der Waals surface area contributed by atoms with Gasteiger partial charge in [-0.3, -0.25) is 0 Å². The van der Waals surface area contributed by atoms with E-state index in [9.17, 15) is 0 Å². The molecule has 0 radical (unpaired) electrons. The molecule has 0 fully saturated rings. The van der Waals surface area contributed by atoms with E-state index in [2.05, 4.69) is 109 Å². The number of allylic oxidation sites excluding steroid dienone is 2. The van der Waals surface area contributed by atoms with E-state index in [0.29, 0.717) is 0 Å². The summed E-state index contributed by atoms with van der Waals surface area (Å²) in [5.41, 5.74) is 0.857. The van der Waals surface area contributed by atoms with Gasteiger partial charge in [-0.05, 0) is 0 Å². The second-order valence-corrected chi connectivity index (χ2v) is 12.9. The zero-order chi connectivity index (χ0) is 24.8. The van der Waals surface area contributed by atoms with E-state index < -0.39 is 7.26 Å². The number of benzene rings is 4. The molecule has 0 atom stereocenters. The molecule has 4 aromatic carbocycles. The Morgan fingerprint density at radius 1 is 0.667 bits per heavy atom. The Labute approximate surface area is 222 Å². The van der Waals surface area contributed by atoms with E-state index in [1.807, 2.05) is 36.4 Å². The molecule has 0 unspecified atom stereocenters. The molecule has 4 heteroatoms. The molecule has 0 saturated carbocycles. The van der Waals surface area contributed by atoms with Crippen LogP contribution in [-0.2, 0) is 18.1 Å². The quantitative estimate of drug-likeness (QED) is 0.143. The van der Waals surface area contributed by atoms with Crippen molar-refractivity contribution >= 4 is 38.3 Å². The average Bonchev–Trinajstić information content (AvgIpc) is 2.94. The van der Waals surface area contributed by atoms with Crippen LogP contribution in [0.2, 0.25) is 0 Å². The van der Waals surface area contributed by atoms with Crippen LogP contribution < -0.4 is 20.7 Å². The van der Waals surface area contributed by atoms with Crippen LogP contribution in [0.15, 0.2) is 152 Å². The van der Waals surface area contributed by atoms with Crippen molar-refractivity contribution in [3.05, 3.63) is 152 Å². The van der Waals surface area contributed by atoms with Gasteiger partial charge in [0.1, 0.15) is 0 Å². The summed E-state index contributed by atoms with van der Waals surface area (Å²) in [4.78, 5) is 4.52. The molecule has 1 aromatic heterocycles. The van der Waals surface area contributed by atoms with Gasteiger partial charge in [-0.15, -0.1) is 0 Å². The number of hydrogen-bond acceptors (Lipinski definition) is 2. The Hall–Kier alpha value is -3.49. The minimum atomic E-state index is -2.18. The number of rotatable bonds is 8. The predicted molar refractivity (Wildman–Crippen MR) is 151 cm³/mol. The first kappa shape index (κ1) is 24.2. The van der Waals surface area contributed by atoms with E-state index in [4.69, 9.17) is 4.74 Å². The number of pyridine rings is 1. The first-order chi connectivity index (χ1) is 17.7. The minimum absolute atomic E-state index is 0.753. The summed E-state index contributed by atoms with van der Waals surface area (Å²) in [5, 5.41) is 5.94. The van der Waals surface area contributed by atoms with Gasteiger partial charge in [0, 0.05) is 0 Å². The van der Waals surface area contributed by atoms with Crippen LogP contribution in [0.4, 0.5) is 0 Å². The summed E-state index contributed by atoms with van der Waals surface area (Å²) in [6.45, 7) is 4.67. The summed E-state index contributed by atoms with van der Waals surface area (Å²) in [5.74, 6) is 0.753. The predicted octanol–water partition coefficient (Wildman–Crippen LogP) is 6.35. The summed E-state index contributed by atoms with van der Waals surface area (Å²) < 4.78 is 7.07. The molecule has 0 saturated heterocycles. The normalized spacial score (nSPS) is 11.5. The third kappa shape index (κ3) is 4.78. The molecule has 5 aromatic rings. The number of fused-ring (bicyclic) bond motifs is 1. The zero-order valence-electron chi connectivity index (χ0n) is 19.6. The Morgan fingerprint density at radius 2 is 1.19 bits per heavy atom. The van der Waals surface area contributed by atoms with Crippen LogP contribution in [-0.4, -0.2) is 9.24 Å². The fraction of sp³-hybridized carbons (Fsp3) is 0. The van der Waals surface area contributed by atoms with Gasteiger partial charge in [0.05, 0.1) is 0 Å². The van der Waals surface area contributed by atoms with Gasteiger partial charge in [0.2, 0.25) is 0 Å². The summed E-state index contributed by atoms with van der Waals surface area (Å²) in [6, 6.07) is 42.2. The van der Waals surface area contributed by atoms with Crippen LogP contribution in [0.3, 0.4) is 0 Å². The first-order valence-electron chi connectivity index (χ1n) is 11.7. The Kier molecular flexibility index (Phi) is 7.43. The molecule has 0 bridgehead atoms. The van der Waals surface area contributed by atoms with Gasteiger partial charge in [0.15, 0.2) is 0 Å². The first-order valence-corrected chi connectivity index (χ1v) is 14.7. The van der Waals surface area contributed by atoms with E-state index in [1.165, 1.54) is 15.9 Å². The van der Waals surface area contributed by atoms with Crippen LogP contribution in [0, 0.1) is 0 Å². The molecule has 0 aliphatic heterocycles. The Bertz CT molecular complexity index is 1430. The number of nitrogens with zero attached hydrogens (tertiary/aromatic N) is 1. The fourth-order valence-corrected chi connectivity index (χ4v) is 9.00. The molecular formula is C32H25NOOsP+. The second-order valence-electron chi connectivity index (χ2n) is 8.23.